The summed E-state index contributed by atoms with van der Waals surface area (Å²) in [5, 5.41) is 4.69. The van der Waals surface area contributed by atoms with Crippen LogP contribution in [0.3, 0.4) is 0 Å². The first kappa shape index (κ1) is 15.8. The monoisotopic (exact) mass is 295 g/mol. The van der Waals surface area contributed by atoms with Crippen LogP contribution in [0.1, 0.15) is 64.1 Å². The molecule has 0 fully saturated rings. The van der Waals surface area contributed by atoms with Crippen LogP contribution in [-0.2, 0) is 6.42 Å². The maximum Gasteiger partial charge on any atom is 0.186 e. The van der Waals surface area contributed by atoms with E-state index in [-0.39, 0.29) is 0 Å². The Labute approximate surface area is 127 Å². The molecule has 0 aliphatic heterocycles. The number of nitrogens with zero attached hydrogens (tertiary/aromatic N) is 2. The van der Waals surface area contributed by atoms with Crippen molar-refractivity contribution in [1.29, 1.82) is 0 Å². The van der Waals surface area contributed by atoms with Crippen LogP contribution in [-0.4, -0.2) is 24.6 Å². The normalized spacial score (nSPS) is 21.1. The molecule has 0 saturated carbocycles. The molecule has 4 heteroatoms. The largest absolute Gasteiger partial charge is 0.346 e. The van der Waals surface area contributed by atoms with E-state index in [1.54, 1.807) is 0 Å². The Balaban J connectivity index is 2.34. The molecule has 1 aliphatic rings. The highest BCUT2D eigenvalue weighted by atomic mass is 32.1. The van der Waals surface area contributed by atoms with Crippen molar-refractivity contribution in [2.24, 2.45) is 5.41 Å². The molecule has 0 spiro atoms. The Bertz CT molecular complexity index is 451. The second kappa shape index (κ2) is 6.02. The van der Waals surface area contributed by atoms with Crippen LogP contribution in [0, 0.1) is 5.41 Å². The highest BCUT2D eigenvalue weighted by Gasteiger charge is 2.35. The van der Waals surface area contributed by atoms with E-state index in [0.29, 0.717) is 17.5 Å². The van der Waals surface area contributed by atoms with Gasteiger partial charge in [0.05, 0.1) is 5.69 Å². The summed E-state index contributed by atoms with van der Waals surface area (Å²) in [6.45, 7) is 12.6. The Morgan fingerprint density at radius 2 is 2.15 bits per heavy atom. The fourth-order valence-corrected chi connectivity index (χ4v) is 4.44. The topological polar surface area (TPSA) is 28.2 Å². The van der Waals surface area contributed by atoms with Crippen molar-refractivity contribution in [3.05, 3.63) is 10.6 Å². The maximum atomic E-state index is 4.99. The lowest BCUT2D eigenvalue weighted by Gasteiger charge is -2.34. The molecule has 0 saturated heterocycles. The summed E-state index contributed by atoms with van der Waals surface area (Å²) in [4.78, 5) is 8.90. The molecular formula is C16H29N3S. The Morgan fingerprint density at radius 1 is 1.45 bits per heavy atom. The van der Waals surface area contributed by atoms with Crippen LogP contribution >= 0.6 is 11.3 Å². The van der Waals surface area contributed by atoms with Gasteiger partial charge in [-0.25, -0.2) is 4.98 Å². The van der Waals surface area contributed by atoms with Crippen molar-refractivity contribution in [2.45, 2.75) is 66.0 Å². The number of hydrogen-bond donors (Lipinski definition) is 1. The van der Waals surface area contributed by atoms with Crippen molar-refractivity contribution in [1.82, 2.24) is 10.3 Å². The van der Waals surface area contributed by atoms with E-state index in [2.05, 4.69) is 51.9 Å². The molecule has 0 bridgehead atoms. The summed E-state index contributed by atoms with van der Waals surface area (Å²) in [6, 6.07) is 0.985. The van der Waals surface area contributed by atoms with Crippen LogP contribution in [0.2, 0.25) is 0 Å². The van der Waals surface area contributed by atoms with Gasteiger partial charge in [-0.2, -0.15) is 0 Å². The van der Waals surface area contributed by atoms with Crippen LogP contribution in [0.15, 0.2) is 0 Å². The van der Waals surface area contributed by atoms with Crippen molar-refractivity contribution in [3.63, 3.8) is 0 Å². The smallest absolute Gasteiger partial charge is 0.186 e. The van der Waals surface area contributed by atoms with Gasteiger partial charge in [0, 0.05) is 23.5 Å². The minimum atomic E-state index is 0.347. The lowest BCUT2D eigenvalue weighted by Crippen LogP contribution is -2.31. The standard InChI is InChI=1S/C16H29N3S/c1-7-8-19(11(2)3)15-18-13-10-16(4,5)9-12(17-6)14(13)20-15/h11-12,17H,7-10H2,1-6H3. The van der Waals surface area contributed by atoms with Gasteiger partial charge in [-0.15, -0.1) is 0 Å². The zero-order chi connectivity index (χ0) is 14.9. The molecule has 114 valence electrons. The van der Waals surface area contributed by atoms with Gasteiger partial charge >= 0.3 is 0 Å². The van der Waals surface area contributed by atoms with Crippen LogP contribution in [0.5, 0.6) is 0 Å². The van der Waals surface area contributed by atoms with E-state index in [1.165, 1.54) is 28.5 Å². The Kier molecular flexibility index (Phi) is 4.75. The fraction of sp³-hybridized carbons (Fsp3) is 0.812. The van der Waals surface area contributed by atoms with E-state index in [1.807, 2.05) is 11.3 Å². The molecule has 0 radical (unpaired) electrons. The number of aromatic nitrogens is 1. The summed E-state index contributed by atoms with van der Waals surface area (Å²) in [6.07, 6.45) is 3.48. The average molecular weight is 295 g/mol. The zero-order valence-corrected chi connectivity index (χ0v) is 14.6. The van der Waals surface area contributed by atoms with Gasteiger partial charge in [-0.1, -0.05) is 32.1 Å². The quantitative estimate of drug-likeness (QED) is 0.890. The summed E-state index contributed by atoms with van der Waals surface area (Å²) >= 11 is 1.90. The van der Waals surface area contributed by atoms with Gasteiger partial charge in [0.1, 0.15) is 0 Å². The summed E-state index contributed by atoms with van der Waals surface area (Å²) in [5.41, 5.74) is 1.67. The predicted molar refractivity (Wildman–Crippen MR) is 88.8 cm³/mol. The first-order chi connectivity index (χ1) is 9.38. The molecule has 1 atom stereocenters. The fourth-order valence-electron chi connectivity index (χ4n) is 3.09. The number of nitrogens with one attached hydrogen (secondary N) is 1. The molecule has 20 heavy (non-hydrogen) atoms. The third-order valence-electron chi connectivity index (χ3n) is 4.12. The molecule has 1 heterocycles. The van der Waals surface area contributed by atoms with Crippen LogP contribution < -0.4 is 10.2 Å². The second-order valence-corrected chi connectivity index (χ2v) is 7.99. The van der Waals surface area contributed by atoms with Gasteiger partial charge in [-0.05, 0) is 45.6 Å². The Hall–Kier alpha value is -0.610. The molecule has 0 aromatic carbocycles. The number of thiazole rings is 1. The molecular weight excluding hydrogens is 266 g/mol. The van der Waals surface area contributed by atoms with E-state index in [0.717, 1.165) is 13.0 Å². The van der Waals surface area contributed by atoms with Gasteiger partial charge in [-0.3, -0.25) is 0 Å². The SMILES string of the molecule is CCCN(c1nc2c(s1)C(NC)CC(C)(C)C2)C(C)C. The van der Waals surface area contributed by atoms with E-state index < -0.39 is 0 Å². The third-order valence-corrected chi connectivity index (χ3v) is 5.37. The lowest BCUT2D eigenvalue weighted by atomic mass is 9.76. The first-order valence-electron chi connectivity index (χ1n) is 7.81. The minimum Gasteiger partial charge on any atom is -0.346 e. The van der Waals surface area contributed by atoms with Crippen molar-refractivity contribution < 1.29 is 0 Å². The number of anilines is 1. The highest BCUT2D eigenvalue weighted by Crippen LogP contribution is 2.44. The summed E-state index contributed by atoms with van der Waals surface area (Å²) in [7, 11) is 2.07. The van der Waals surface area contributed by atoms with Crippen molar-refractivity contribution >= 4 is 16.5 Å². The van der Waals surface area contributed by atoms with E-state index in [4.69, 9.17) is 4.98 Å². The molecule has 1 aromatic heterocycles. The maximum absolute atomic E-state index is 4.99. The Morgan fingerprint density at radius 3 is 2.70 bits per heavy atom. The van der Waals surface area contributed by atoms with Crippen LogP contribution in [0.25, 0.3) is 0 Å². The highest BCUT2D eigenvalue weighted by molar-refractivity contribution is 7.15. The van der Waals surface area contributed by atoms with Gasteiger partial charge in [0.25, 0.3) is 0 Å². The van der Waals surface area contributed by atoms with E-state index >= 15 is 0 Å². The van der Waals surface area contributed by atoms with Gasteiger partial charge < -0.3 is 10.2 Å². The second-order valence-electron chi connectivity index (χ2n) is 6.98. The van der Waals surface area contributed by atoms with Gasteiger partial charge in [0.2, 0.25) is 0 Å². The number of fused-ring (bicyclic) bond motifs is 1. The summed E-state index contributed by atoms with van der Waals surface area (Å²) in [5.74, 6) is 0. The molecule has 1 N–H and O–H groups in total. The van der Waals surface area contributed by atoms with E-state index in [9.17, 15) is 0 Å². The number of rotatable bonds is 5. The molecule has 0 amide bonds. The summed E-state index contributed by atoms with van der Waals surface area (Å²) < 4.78 is 0. The molecule has 3 nitrogen and oxygen atoms in total. The first-order valence-corrected chi connectivity index (χ1v) is 8.63. The zero-order valence-electron chi connectivity index (χ0n) is 13.8. The molecule has 2 rings (SSSR count). The molecule has 1 aromatic rings. The third kappa shape index (κ3) is 3.17. The minimum absolute atomic E-state index is 0.347. The predicted octanol–water partition coefficient (Wildman–Crippen LogP) is 4.00. The van der Waals surface area contributed by atoms with Gasteiger partial charge in [0.15, 0.2) is 5.13 Å². The lowest BCUT2D eigenvalue weighted by molar-refractivity contribution is 0.265. The number of hydrogen-bond acceptors (Lipinski definition) is 4. The van der Waals surface area contributed by atoms with Crippen molar-refractivity contribution in [3.8, 4) is 0 Å². The average Bonchev–Trinajstić information content (AvgIpc) is 2.76. The van der Waals surface area contributed by atoms with Crippen LogP contribution in [0.4, 0.5) is 5.13 Å². The molecule has 1 unspecified atom stereocenters. The van der Waals surface area contributed by atoms with Crippen molar-refractivity contribution in [2.75, 3.05) is 18.5 Å². The molecule has 1 aliphatic carbocycles.